The SMILES string of the molecule is COc1nc(OCC2(OCCCN3CCOCC3)C=CC=C(c3ccccc3)C2(C)Cl)nc(OC)c1CNC(C)C(=O)O. The van der Waals surface area contributed by atoms with Crippen LogP contribution in [0.2, 0.25) is 0 Å². The Morgan fingerprint density at radius 1 is 1.16 bits per heavy atom. The van der Waals surface area contributed by atoms with Crippen LogP contribution in [-0.4, -0.2) is 103 Å². The molecule has 2 N–H and O–H groups in total. The molecule has 4 rings (SSSR count). The van der Waals surface area contributed by atoms with Crippen LogP contribution < -0.4 is 19.5 Å². The lowest BCUT2D eigenvalue weighted by Gasteiger charge is -2.45. The largest absolute Gasteiger partial charge is 0.481 e. The van der Waals surface area contributed by atoms with Gasteiger partial charge < -0.3 is 34.1 Å². The van der Waals surface area contributed by atoms with E-state index in [2.05, 4.69) is 20.2 Å². The second-order valence-electron chi connectivity index (χ2n) is 10.6. The Morgan fingerprint density at radius 3 is 2.47 bits per heavy atom. The molecule has 11 nitrogen and oxygen atoms in total. The van der Waals surface area contributed by atoms with Crippen molar-refractivity contribution in [3.8, 4) is 17.8 Å². The number of rotatable bonds is 15. The molecule has 0 bridgehead atoms. The zero-order chi connectivity index (χ0) is 30.9. The van der Waals surface area contributed by atoms with Gasteiger partial charge in [-0.25, -0.2) is 0 Å². The van der Waals surface area contributed by atoms with Crippen molar-refractivity contribution in [1.29, 1.82) is 0 Å². The number of carboxylic acid groups (broad SMARTS) is 1. The van der Waals surface area contributed by atoms with Gasteiger partial charge >= 0.3 is 12.0 Å². The number of carbonyl (C=O) groups is 1. The van der Waals surface area contributed by atoms with E-state index in [1.165, 1.54) is 14.2 Å². The van der Waals surface area contributed by atoms with E-state index in [0.717, 1.165) is 50.4 Å². The minimum atomic E-state index is -1.07. The van der Waals surface area contributed by atoms with Crippen LogP contribution in [0, 0.1) is 0 Å². The maximum atomic E-state index is 11.3. The van der Waals surface area contributed by atoms with E-state index >= 15 is 0 Å². The summed E-state index contributed by atoms with van der Waals surface area (Å²) in [7, 11) is 2.93. The third kappa shape index (κ3) is 7.84. The van der Waals surface area contributed by atoms with Crippen LogP contribution in [0.25, 0.3) is 5.57 Å². The molecular weight excluding hydrogens is 576 g/mol. The standard InChI is InChI=1S/C31H41ClN4O7/c1-22(28(37)38)33-20-24-26(39-3)34-29(35-27(24)40-4)42-21-31(43-17-9-14-36-15-18-41-19-16-36)13-8-12-25(30(31,2)32)23-10-6-5-7-11-23/h5-8,10-13,22,33H,9,14-21H2,1-4H3,(H,37,38). The van der Waals surface area contributed by atoms with E-state index in [1.54, 1.807) is 6.92 Å². The van der Waals surface area contributed by atoms with Crippen molar-refractivity contribution in [2.75, 3.05) is 60.3 Å². The van der Waals surface area contributed by atoms with Crippen molar-refractivity contribution in [3.05, 3.63) is 59.7 Å². The molecule has 1 aliphatic heterocycles. The van der Waals surface area contributed by atoms with E-state index in [0.29, 0.717) is 12.2 Å². The number of alkyl halides is 1. The zero-order valence-corrected chi connectivity index (χ0v) is 25.9. The number of nitrogens with one attached hydrogen (secondary N) is 1. The number of halogens is 1. The highest BCUT2D eigenvalue weighted by atomic mass is 35.5. The van der Waals surface area contributed by atoms with Crippen molar-refractivity contribution in [1.82, 2.24) is 20.2 Å². The number of aromatic nitrogens is 2. The molecule has 1 fully saturated rings. The van der Waals surface area contributed by atoms with Crippen molar-refractivity contribution in [3.63, 3.8) is 0 Å². The summed E-state index contributed by atoms with van der Waals surface area (Å²) in [6, 6.07) is 9.17. The quantitative estimate of drug-likeness (QED) is 0.225. The van der Waals surface area contributed by atoms with Crippen molar-refractivity contribution < 1.29 is 33.6 Å². The first-order chi connectivity index (χ1) is 20.7. The number of hydrogen-bond acceptors (Lipinski definition) is 10. The number of methoxy groups -OCH3 is 2. The Balaban J connectivity index is 1.57. The molecule has 0 spiro atoms. The zero-order valence-electron chi connectivity index (χ0n) is 25.2. The first-order valence-electron chi connectivity index (χ1n) is 14.4. The van der Waals surface area contributed by atoms with Crippen molar-refractivity contribution >= 4 is 23.1 Å². The van der Waals surface area contributed by atoms with Gasteiger partial charge in [-0.15, -0.1) is 11.6 Å². The van der Waals surface area contributed by atoms with Crippen LogP contribution in [0.4, 0.5) is 0 Å². The van der Waals surface area contributed by atoms with Crippen molar-refractivity contribution in [2.24, 2.45) is 0 Å². The van der Waals surface area contributed by atoms with Gasteiger partial charge in [0, 0.05) is 32.8 Å². The smallest absolute Gasteiger partial charge is 0.323 e. The molecular formula is C31H41ClN4O7. The molecule has 1 aromatic heterocycles. The summed E-state index contributed by atoms with van der Waals surface area (Å²) in [4.78, 5) is 21.5. The average molecular weight is 617 g/mol. The Bertz CT molecular complexity index is 1260. The molecule has 0 radical (unpaired) electrons. The molecule has 3 atom stereocenters. The predicted octanol–water partition coefficient (Wildman–Crippen LogP) is 3.56. The lowest BCUT2D eigenvalue weighted by molar-refractivity contribution is -0.139. The third-order valence-electron chi connectivity index (χ3n) is 7.76. The first kappa shape index (κ1) is 32.7. The summed E-state index contributed by atoms with van der Waals surface area (Å²) >= 11 is 7.43. The molecule has 2 aliphatic rings. The third-order valence-corrected chi connectivity index (χ3v) is 8.29. The summed E-state index contributed by atoms with van der Waals surface area (Å²) in [5.74, 6) is -0.585. The number of carboxylic acids is 1. The number of morpholine rings is 1. The predicted molar refractivity (Wildman–Crippen MR) is 163 cm³/mol. The molecule has 234 valence electrons. The van der Waals surface area contributed by atoms with E-state index in [4.69, 9.17) is 35.3 Å². The topological polar surface area (TPSA) is 125 Å². The Labute approximate surface area is 257 Å². The van der Waals surface area contributed by atoms with E-state index in [-0.39, 0.29) is 30.9 Å². The fourth-order valence-electron chi connectivity index (χ4n) is 5.09. The van der Waals surface area contributed by atoms with Gasteiger partial charge in [-0.05, 0) is 37.5 Å². The molecule has 12 heteroatoms. The Hall–Kier alpha value is -3.22. The fourth-order valence-corrected chi connectivity index (χ4v) is 5.44. The van der Waals surface area contributed by atoms with Gasteiger partial charge in [0.2, 0.25) is 11.8 Å². The summed E-state index contributed by atoms with van der Waals surface area (Å²) < 4.78 is 29.3. The van der Waals surface area contributed by atoms with Crippen LogP contribution in [0.5, 0.6) is 17.8 Å². The summed E-state index contributed by atoms with van der Waals surface area (Å²) in [6.45, 7) is 8.23. The molecule has 0 saturated carbocycles. The normalized spacial score (nSPS) is 23.0. The average Bonchev–Trinajstić information content (AvgIpc) is 3.02. The monoisotopic (exact) mass is 616 g/mol. The molecule has 0 amide bonds. The number of allylic oxidation sites excluding steroid dienone is 2. The van der Waals surface area contributed by atoms with Gasteiger partial charge in [-0.2, -0.15) is 9.97 Å². The summed E-state index contributed by atoms with van der Waals surface area (Å²) in [5, 5.41) is 12.1. The number of ether oxygens (including phenoxy) is 5. The van der Waals surface area contributed by atoms with Crippen LogP contribution in [0.3, 0.4) is 0 Å². The van der Waals surface area contributed by atoms with Crippen molar-refractivity contribution in [2.45, 2.75) is 43.3 Å². The minimum absolute atomic E-state index is 0.00514. The molecule has 43 heavy (non-hydrogen) atoms. The number of benzene rings is 1. The molecule has 1 aromatic carbocycles. The lowest BCUT2D eigenvalue weighted by atomic mass is 9.76. The second kappa shape index (κ2) is 15.0. The van der Waals surface area contributed by atoms with Gasteiger partial charge in [0.1, 0.15) is 23.1 Å². The molecule has 1 saturated heterocycles. The first-order valence-corrected chi connectivity index (χ1v) is 14.7. The van der Waals surface area contributed by atoms with Gasteiger partial charge in [-0.3, -0.25) is 9.69 Å². The second-order valence-corrected chi connectivity index (χ2v) is 11.3. The van der Waals surface area contributed by atoms with Crippen LogP contribution in [0.1, 0.15) is 31.4 Å². The van der Waals surface area contributed by atoms with E-state index in [9.17, 15) is 9.90 Å². The van der Waals surface area contributed by atoms with E-state index in [1.807, 2.05) is 55.5 Å². The van der Waals surface area contributed by atoms with Crippen LogP contribution in [-0.2, 0) is 20.8 Å². The molecule has 3 unspecified atom stereocenters. The van der Waals surface area contributed by atoms with Gasteiger partial charge in [0.15, 0.2) is 0 Å². The maximum absolute atomic E-state index is 11.3. The highest BCUT2D eigenvalue weighted by Crippen LogP contribution is 2.47. The summed E-state index contributed by atoms with van der Waals surface area (Å²) in [6.07, 6.45) is 6.68. The lowest BCUT2D eigenvalue weighted by Crippen LogP contribution is -2.55. The molecule has 1 aliphatic carbocycles. The van der Waals surface area contributed by atoms with Gasteiger partial charge in [0.05, 0.1) is 33.0 Å². The van der Waals surface area contributed by atoms with Crippen LogP contribution in [0.15, 0.2) is 48.6 Å². The maximum Gasteiger partial charge on any atom is 0.323 e. The molecule has 2 aromatic rings. The molecule has 2 heterocycles. The fraction of sp³-hybridized carbons (Fsp3) is 0.516. The Kier molecular flexibility index (Phi) is 11.4. The highest BCUT2D eigenvalue weighted by Gasteiger charge is 2.51. The highest BCUT2D eigenvalue weighted by molar-refractivity contribution is 6.31. The van der Waals surface area contributed by atoms with Gasteiger partial charge in [0.25, 0.3) is 0 Å². The summed E-state index contributed by atoms with van der Waals surface area (Å²) in [5.41, 5.74) is 1.28. The number of nitrogens with zero attached hydrogens (tertiary/aromatic N) is 3. The van der Waals surface area contributed by atoms with Crippen LogP contribution >= 0.6 is 11.6 Å². The van der Waals surface area contributed by atoms with E-state index < -0.39 is 22.5 Å². The number of hydrogen-bond donors (Lipinski definition) is 2. The minimum Gasteiger partial charge on any atom is -0.481 e. The van der Waals surface area contributed by atoms with Gasteiger partial charge in [-0.1, -0.05) is 42.5 Å². The number of aliphatic carboxylic acids is 1. The Morgan fingerprint density at radius 2 is 1.84 bits per heavy atom.